The normalized spacial score (nSPS) is 16.4. The van der Waals surface area contributed by atoms with Gasteiger partial charge in [-0.25, -0.2) is 4.98 Å². The summed E-state index contributed by atoms with van der Waals surface area (Å²) in [6.45, 7) is 1.61. The number of anilines is 2. The Balaban J connectivity index is 1.72. The van der Waals surface area contributed by atoms with E-state index >= 15 is 0 Å². The van der Waals surface area contributed by atoms with Crippen LogP contribution in [0.1, 0.15) is 13.3 Å². The lowest BCUT2D eigenvalue weighted by atomic mass is 10.1. The van der Waals surface area contributed by atoms with Gasteiger partial charge in [0, 0.05) is 17.5 Å². The zero-order chi connectivity index (χ0) is 19.8. The summed E-state index contributed by atoms with van der Waals surface area (Å²) in [4.78, 5) is 43.8. The standard InChI is InChI=1S/C20H17ClN4O3/c1-12-8-18(26)23-16-4-2-3-5-17(16)25(12)19(27)10-24-11-22-15-7-6-13(21)9-14(15)20(24)28/h2-7,9,11-12H,8,10H2,1H3,(H,23,26). The third-order valence-electron chi connectivity index (χ3n) is 4.72. The number of amides is 2. The lowest BCUT2D eigenvalue weighted by Gasteiger charge is -2.28. The Kier molecular flexibility index (Phi) is 4.60. The van der Waals surface area contributed by atoms with Crippen LogP contribution in [0.15, 0.2) is 53.6 Å². The third kappa shape index (κ3) is 3.25. The maximum Gasteiger partial charge on any atom is 0.261 e. The van der Waals surface area contributed by atoms with Crippen LogP contribution in [0.5, 0.6) is 0 Å². The van der Waals surface area contributed by atoms with Crippen molar-refractivity contribution >= 4 is 45.7 Å². The second-order valence-corrected chi connectivity index (χ2v) is 7.16. The Morgan fingerprint density at radius 1 is 1.25 bits per heavy atom. The van der Waals surface area contributed by atoms with Crippen molar-refractivity contribution in [3.8, 4) is 0 Å². The summed E-state index contributed by atoms with van der Waals surface area (Å²) in [5, 5.41) is 3.59. The number of rotatable bonds is 2. The first-order chi connectivity index (χ1) is 13.4. The number of para-hydroxylation sites is 2. The lowest BCUT2D eigenvalue weighted by molar-refractivity contribution is -0.120. The highest BCUT2D eigenvalue weighted by molar-refractivity contribution is 6.31. The van der Waals surface area contributed by atoms with Crippen molar-refractivity contribution in [2.24, 2.45) is 0 Å². The second kappa shape index (κ2) is 7.09. The summed E-state index contributed by atoms with van der Waals surface area (Å²) in [5.74, 6) is -0.462. The zero-order valence-electron chi connectivity index (χ0n) is 15.1. The van der Waals surface area contributed by atoms with Crippen molar-refractivity contribution in [1.29, 1.82) is 0 Å². The summed E-state index contributed by atoms with van der Waals surface area (Å²) in [7, 11) is 0. The molecule has 0 saturated heterocycles. The number of halogens is 1. The number of nitrogens with one attached hydrogen (secondary N) is 1. The van der Waals surface area contributed by atoms with E-state index in [2.05, 4.69) is 10.3 Å². The Labute approximate surface area is 165 Å². The monoisotopic (exact) mass is 396 g/mol. The first kappa shape index (κ1) is 18.2. The number of nitrogens with zero attached hydrogens (tertiary/aromatic N) is 3. The van der Waals surface area contributed by atoms with Gasteiger partial charge in [0.2, 0.25) is 11.8 Å². The van der Waals surface area contributed by atoms with E-state index in [9.17, 15) is 14.4 Å². The van der Waals surface area contributed by atoms with Gasteiger partial charge in [0.05, 0.1) is 28.6 Å². The van der Waals surface area contributed by atoms with E-state index < -0.39 is 0 Å². The van der Waals surface area contributed by atoms with Gasteiger partial charge in [-0.15, -0.1) is 0 Å². The number of benzene rings is 2. The highest BCUT2D eigenvalue weighted by Crippen LogP contribution is 2.31. The molecule has 1 aromatic heterocycles. The zero-order valence-corrected chi connectivity index (χ0v) is 15.8. The number of hydrogen-bond donors (Lipinski definition) is 1. The van der Waals surface area contributed by atoms with Crippen LogP contribution in [-0.4, -0.2) is 27.4 Å². The topological polar surface area (TPSA) is 84.3 Å². The van der Waals surface area contributed by atoms with Gasteiger partial charge < -0.3 is 10.2 Å². The molecule has 0 spiro atoms. The molecule has 0 bridgehead atoms. The summed E-state index contributed by atoms with van der Waals surface area (Å²) in [6.07, 6.45) is 1.52. The number of carbonyl (C=O) groups excluding carboxylic acids is 2. The van der Waals surface area contributed by atoms with E-state index in [1.165, 1.54) is 10.9 Å². The average molecular weight is 397 g/mol. The fourth-order valence-corrected chi connectivity index (χ4v) is 3.61. The minimum atomic E-state index is -0.352. The van der Waals surface area contributed by atoms with E-state index in [0.29, 0.717) is 27.3 Å². The molecule has 1 unspecified atom stereocenters. The fraction of sp³-hybridized carbons (Fsp3) is 0.200. The minimum Gasteiger partial charge on any atom is -0.324 e. The van der Waals surface area contributed by atoms with Gasteiger partial charge in [-0.2, -0.15) is 0 Å². The Bertz CT molecular complexity index is 1160. The van der Waals surface area contributed by atoms with Crippen LogP contribution in [0.4, 0.5) is 11.4 Å². The van der Waals surface area contributed by atoms with E-state index in [1.807, 2.05) is 0 Å². The van der Waals surface area contributed by atoms with E-state index in [0.717, 1.165) is 0 Å². The van der Waals surface area contributed by atoms with Crippen LogP contribution in [0.3, 0.4) is 0 Å². The predicted molar refractivity (Wildman–Crippen MR) is 108 cm³/mol. The van der Waals surface area contributed by atoms with Crippen LogP contribution in [0.25, 0.3) is 10.9 Å². The van der Waals surface area contributed by atoms with E-state index in [-0.39, 0.29) is 36.4 Å². The summed E-state index contributed by atoms with van der Waals surface area (Å²) < 4.78 is 1.26. The van der Waals surface area contributed by atoms with Crippen LogP contribution in [0.2, 0.25) is 5.02 Å². The summed E-state index contributed by atoms with van der Waals surface area (Å²) in [5.41, 5.74) is 1.35. The van der Waals surface area contributed by atoms with E-state index in [4.69, 9.17) is 11.6 Å². The molecular formula is C20H17ClN4O3. The van der Waals surface area contributed by atoms with Crippen molar-refractivity contribution < 1.29 is 9.59 Å². The maximum absolute atomic E-state index is 13.1. The largest absolute Gasteiger partial charge is 0.324 e. The second-order valence-electron chi connectivity index (χ2n) is 6.72. The highest BCUT2D eigenvalue weighted by atomic mass is 35.5. The van der Waals surface area contributed by atoms with Gasteiger partial charge in [0.1, 0.15) is 6.54 Å². The molecule has 0 radical (unpaired) electrons. The molecule has 2 heterocycles. The Morgan fingerprint density at radius 3 is 2.86 bits per heavy atom. The Morgan fingerprint density at radius 2 is 2.04 bits per heavy atom. The molecule has 4 rings (SSSR count). The fourth-order valence-electron chi connectivity index (χ4n) is 3.43. The predicted octanol–water partition coefficient (Wildman–Crippen LogP) is 2.81. The molecule has 1 aliphatic heterocycles. The SMILES string of the molecule is CC1CC(=O)Nc2ccccc2N1C(=O)Cn1cnc2ccc(Cl)cc2c1=O. The molecule has 0 saturated carbocycles. The van der Waals surface area contributed by atoms with Crippen molar-refractivity contribution in [2.75, 3.05) is 10.2 Å². The molecule has 8 heteroatoms. The molecule has 28 heavy (non-hydrogen) atoms. The van der Waals surface area contributed by atoms with Crippen LogP contribution >= 0.6 is 11.6 Å². The van der Waals surface area contributed by atoms with Gasteiger partial charge in [0.15, 0.2) is 0 Å². The average Bonchev–Trinajstić information content (AvgIpc) is 2.78. The molecule has 2 aromatic carbocycles. The molecule has 1 N–H and O–H groups in total. The van der Waals surface area contributed by atoms with E-state index in [1.54, 1.807) is 54.3 Å². The van der Waals surface area contributed by atoms with Gasteiger partial charge in [-0.05, 0) is 37.3 Å². The molecule has 142 valence electrons. The third-order valence-corrected chi connectivity index (χ3v) is 4.95. The summed E-state index contributed by atoms with van der Waals surface area (Å²) >= 11 is 5.99. The number of carbonyl (C=O) groups is 2. The van der Waals surface area contributed by atoms with Gasteiger partial charge >= 0.3 is 0 Å². The van der Waals surface area contributed by atoms with Crippen molar-refractivity contribution in [1.82, 2.24) is 9.55 Å². The maximum atomic E-state index is 13.1. The molecule has 0 aliphatic carbocycles. The molecule has 7 nitrogen and oxygen atoms in total. The highest BCUT2D eigenvalue weighted by Gasteiger charge is 2.29. The molecule has 1 aliphatic rings. The van der Waals surface area contributed by atoms with Crippen LogP contribution in [0, 0.1) is 0 Å². The van der Waals surface area contributed by atoms with Gasteiger partial charge in [0.25, 0.3) is 5.56 Å². The van der Waals surface area contributed by atoms with Gasteiger partial charge in [-0.1, -0.05) is 23.7 Å². The smallest absolute Gasteiger partial charge is 0.261 e. The van der Waals surface area contributed by atoms with Crippen molar-refractivity contribution in [3.05, 3.63) is 64.2 Å². The molecule has 1 atom stereocenters. The number of aromatic nitrogens is 2. The number of fused-ring (bicyclic) bond motifs is 2. The molecule has 3 aromatic rings. The number of hydrogen-bond acceptors (Lipinski definition) is 4. The molecule has 2 amide bonds. The lowest BCUT2D eigenvalue weighted by Crippen LogP contribution is -2.42. The first-order valence-electron chi connectivity index (χ1n) is 8.79. The van der Waals surface area contributed by atoms with Gasteiger partial charge in [-0.3, -0.25) is 19.0 Å². The minimum absolute atomic E-state index is 0.158. The molecular weight excluding hydrogens is 380 g/mol. The molecule has 0 fully saturated rings. The Hall–Kier alpha value is -3.19. The van der Waals surface area contributed by atoms with Crippen molar-refractivity contribution in [3.63, 3.8) is 0 Å². The quantitative estimate of drug-likeness (QED) is 0.721. The first-order valence-corrected chi connectivity index (χ1v) is 9.17. The van der Waals surface area contributed by atoms with Crippen LogP contribution in [-0.2, 0) is 16.1 Å². The van der Waals surface area contributed by atoms with Crippen molar-refractivity contribution in [2.45, 2.75) is 25.9 Å². The summed E-state index contributed by atoms with van der Waals surface area (Å²) in [6, 6.07) is 11.6. The van der Waals surface area contributed by atoms with Crippen LogP contribution < -0.4 is 15.8 Å².